The molecule has 4 nitrogen and oxygen atoms in total. The van der Waals surface area contributed by atoms with Crippen molar-refractivity contribution < 1.29 is 19.4 Å². The molecule has 0 unspecified atom stereocenters. The van der Waals surface area contributed by atoms with Gasteiger partial charge in [-0.3, -0.25) is 9.59 Å². The van der Waals surface area contributed by atoms with Crippen LogP contribution < -0.4 is 0 Å². The monoisotopic (exact) mass is 198 g/mol. The van der Waals surface area contributed by atoms with E-state index < -0.39 is 6.10 Å². The van der Waals surface area contributed by atoms with Crippen molar-refractivity contribution in [1.29, 1.82) is 0 Å². The lowest BCUT2D eigenvalue weighted by Crippen LogP contribution is -2.20. The SMILES string of the molecule is C[C@@H]1CC(=O)/C=C/[C@H](O)CCC(=O)O1. The van der Waals surface area contributed by atoms with Crippen molar-refractivity contribution >= 4 is 11.8 Å². The molecule has 0 spiro atoms. The molecule has 1 heterocycles. The molecule has 1 aliphatic rings. The Morgan fingerprint density at radius 2 is 2.21 bits per heavy atom. The van der Waals surface area contributed by atoms with Crippen LogP contribution in [0.3, 0.4) is 0 Å². The van der Waals surface area contributed by atoms with Gasteiger partial charge in [-0.05, 0) is 19.4 Å². The normalized spacial score (nSPS) is 32.1. The molecule has 78 valence electrons. The average Bonchev–Trinajstić information content (AvgIpc) is 2.10. The standard InChI is InChI=1S/C10H14O4/c1-7-6-9(12)3-2-8(11)4-5-10(13)14-7/h2-3,7-8,11H,4-6H2,1H3/b3-2+/t7-,8+/m1/s1. The van der Waals surface area contributed by atoms with Crippen LogP contribution in [0.15, 0.2) is 12.2 Å². The summed E-state index contributed by atoms with van der Waals surface area (Å²) >= 11 is 0. The molecule has 0 amide bonds. The van der Waals surface area contributed by atoms with E-state index in [0.717, 1.165) is 0 Å². The largest absolute Gasteiger partial charge is 0.462 e. The molecule has 0 aromatic carbocycles. The number of ether oxygens (including phenoxy) is 1. The minimum Gasteiger partial charge on any atom is -0.462 e. The quantitative estimate of drug-likeness (QED) is 0.578. The van der Waals surface area contributed by atoms with Gasteiger partial charge < -0.3 is 9.84 Å². The summed E-state index contributed by atoms with van der Waals surface area (Å²) in [4.78, 5) is 22.3. The molecule has 0 saturated carbocycles. The third kappa shape index (κ3) is 3.70. The first-order valence-electron chi connectivity index (χ1n) is 4.66. The smallest absolute Gasteiger partial charge is 0.306 e. The third-order valence-electron chi connectivity index (χ3n) is 1.97. The van der Waals surface area contributed by atoms with Crippen molar-refractivity contribution in [2.75, 3.05) is 0 Å². The van der Waals surface area contributed by atoms with E-state index in [9.17, 15) is 14.7 Å². The first kappa shape index (κ1) is 10.9. The molecule has 0 aliphatic carbocycles. The van der Waals surface area contributed by atoms with Crippen LogP contribution in [-0.2, 0) is 14.3 Å². The van der Waals surface area contributed by atoms with Crippen LogP contribution in [0.5, 0.6) is 0 Å². The number of hydrogen-bond donors (Lipinski definition) is 1. The number of rotatable bonds is 0. The average molecular weight is 198 g/mol. The van der Waals surface area contributed by atoms with Crippen molar-refractivity contribution in [2.24, 2.45) is 0 Å². The zero-order chi connectivity index (χ0) is 10.6. The Hall–Kier alpha value is -1.16. The van der Waals surface area contributed by atoms with E-state index in [1.807, 2.05) is 0 Å². The van der Waals surface area contributed by atoms with Crippen molar-refractivity contribution in [3.8, 4) is 0 Å². The van der Waals surface area contributed by atoms with E-state index in [-0.39, 0.29) is 30.7 Å². The summed E-state index contributed by atoms with van der Waals surface area (Å²) in [6.45, 7) is 1.68. The molecule has 0 fully saturated rings. The van der Waals surface area contributed by atoms with Gasteiger partial charge >= 0.3 is 5.97 Å². The van der Waals surface area contributed by atoms with Crippen molar-refractivity contribution in [3.05, 3.63) is 12.2 Å². The lowest BCUT2D eigenvalue weighted by atomic mass is 10.1. The highest BCUT2D eigenvalue weighted by Crippen LogP contribution is 2.08. The minimum atomic E-state index is -0.736. The molecule has 14 heavy (non-hydrogen) atoms. The van der Waals surface area contributed by atoms with Crippen LogP contribution in [0, 0.1) is 0 Å². The predicted molar refractivity (Wildman–Crippen MR) is 49.6 cm³/mol. The maximum atomic E-state index is 11.2. The van der Waals surface area contributed by atoms with E-state index in [1.165, 1.54) is 12.2 Å². The summed E-state index contributed by atoms with van der Waals surface area (Å²) in [6.07, 6.45) is 2.32. The van der Waals surface area contributed by atoms with Crippen LogP contribution in [-0.4, -0.2) is 29.1 Å². The number of carbonyl (C=O) groups excluding carboxylic acids is 2. The van der Waals surface area contributed by atoms with Crippen LogP contribution in [0.1, 0.15) is 26.2 Å². The van der Waals surface area contributed by atoms with Gasteiger partial charge in [-0.25, -0.2) is 0 Å². The summed E-state index contributed by atoms with van der Waals surface area (Å²) < 4.78 is 4.94. The molecule has 0 radical (unpaired) electrons. The van der Waals surface area contributed by atoms with E-state index in [0.29, 0.717) is 6.42 Å². The topological polar surface area (TPSA) is 63.6 Å². The number of aliphatic hydroxyl groups excluding tert-OH is 1. The van der Waals surface area contributed by atoms with E-state index in [1.54, 1.807) is 6.92 Å². The molecule has 0 aromatic heterocycles. The molecule has 1 N–H and O–H groups in total. The van der Waals surface area contributed by atoms with Crippen LogP contribution in [0.25, 0.3) is 0 Å². The number of carbonyl (C=O) groups is 2. The number of ketones is 1. The van der Waals surface area contributed by atoms with Crippen molar-refractivity contribution in [1.82, 2.24) is 0 Å². The second kappa shape index (κ2) is 4.91. The number of hydrogen-bond acceptors (Lipinski definition) is 4. The Morgan fingerprint density at radius 3 is 2.93 bits per heavy atom. The second-order valence-electron chi connectivity index (χ2n) is 3.44. The van der Waals surface area contributed by atoms with Crippen LogP contribution >= 0.6 is 0 Å². The van der Waals surface area contributed by atoms with Gasteiger partial charge in [0.1, 0.15) is 6.10 Å². The van der Waals surface area contributed by atoms with Crippen LogP contribution in [0.2, 0.25) is 0 Å². The molecule has 2 atom stereocenters. The van der Waals surface area contributed by atoms with E-state index in [4.69, 9.17) is 4.74 Å². The molecular weight excluding hydrogens is 184 g/mol. The molecular formula is C10H14O4. The van der Waals surface area contributed by atoms with Crippen molar-refractivity contribution in [3.63, 3.8) is 0 Å². The summed E-state index contributed by atoms with van der Waals surface area (Å²) in [5.41, 5.74) is 0. The zero-order valence-corrected chi connectivity index (χ0v) is 8.10. The zero-order valence-electron chi connectivity index (χ0n) is 8.10. The molecule has 0 aromatic rings. The van der Waals surface area contributed by atoms with Gasteiger partial charge in [-0.1, -0.05) is 6.08 Å². The van der Waals surface area contributed by atoms with Gasteiger partial charge in [-0.15, -0.1) is 0 Å². The molecule has 1 rings (SSSR count). The minimum absolute atomic E-state index is 0.133. The highest BCUT2D eigenvalue weighted by atomic mass is 16.5. The summed E-state index contributed by atoms with van der Waals surface area (Å²) in [7, 11) is 0. The summed E-state index contributed by atoms with van der Waals surface area (Å²) in [6, 6.07) is 0. The van der Waals surface area contributed by atoms with Crippen molar-refractivity contribution in [2.45, 2.75) is 38.4 Å². The fourth-order valence-electron chi connectivity index (χ4n) is 1.26. The van der Waals surface area contributed by atoms with Crippen LogP contribution in [0.4, 0.5) is 0 Å². The van der Waals surface area contributed by atoms with Gasteiger partial charge in [0.25, 0.3) is 0 Å². The molecule has 4 heteroatoms. The first-order chi connectivity index (χ1) is 6.58. The number of aliphatic hydroxyl groups is 1. The molecule has 0 saturated heterocycles. The van der Waals surface area contributed by atoms with Gasteiger partial charge in [0.2, 0.25) is 0 Å². The first-order valence-corrected chi connectivity index (χ1v) is 4.66. The fourth-order valence-corrected chi connectivity index (χ4v) is 1.26. The lowest BCUT2D eigenvalue weighted by Gasteiger charge is -2.14. The summed E-state index contributed by atoms with van der Waals surface area (Å²) in [5.74, 6) is -0.495. The van der Waals surface area contributed by atoms with E-state index in [2.05, 4.69) is 0 Å². The predicted octanol–water partition coefficient (Wildman–Crippen LogP) is 0.588. The molecule has 0 bridgehead atoms. The second-order valence-corrected chi connectivity index (χ2v) is 3.44. The Kier molecular flexibility index (Phi) is 3.83. The molecule has 1 aliphatic heterocycles. The lowest BCUT2D eigenvalue weighted by molar-refractivity contribution is -0.149. The van der Waals surface area contributed by atoms with Gasteiger partial charge in [0.05, 0.1) is 6.10 Å². The Morgan fingerprint density at radius 1 is 1.50 bits per heavy atom. The maximum absolute atomic E-state index is 11.2. The summed E-state index contributed by atoms with van der Waals surface area (Å²) in [5, 5.41) is 9.29. The number of allylic oxidation sites excluding steroid dienone is 1. The van der Waals surface area contributed by atoms with Gasteiger partial charge in [0, 0.05) is 12.8 Å². The number of esters is 1. The Bertz CT molecular complexity index is 257. The van der Waals surface area contributed by atoms with Gasteiger partial charge in [-0.2, -0.15) is 0 Å². The Labute approximate surface area is 82.6 Å². The maximum Gasteiger partial charge on any atom is 0.306 e. The highest BCUT2D eigenvalue weighted by Gasteiger charge is 2.15. The fraction of sp³-hybridized carbons (Fsp3) is 0.600. The number of cyclic esters (lactones) is 1. The highest BCUT2D eigenvalue weighted by molar-refractivity contribution is 5.90. The van der Waals surface area contributed by atoms with E-state index >= 15 is 0 Å². The third-order valence-corrected chi connectivity index (χ3v) is 1.97. The van der Waals surface area contributed by atoms with Gasteiger partial charge in [0.15, 0.2) is 5.78 Å². The Balaban J connectivity index is 2.65.